The molecule has 0 bridgehead atoms. The van der Waals surface area contributed by atoms with Gasteiger partial charge in [0.25, 0.3) is 11.6 Å². The topological polar surface area (TPSA) is 162 Å². The molecule has 0 saturated carbocycles. The fraction of sp³-hybridized carbons (Fsp3) is 0.353. The number of piperidine rings is 1. The monoisotopic (exact) mass is 472 g/mol. The summed E-state index contributed by atoms with van der Waals surface area (Å²) in [4.78, 5) is 33.8. The first-order valence-corrected chi connectivity index (χ1v) is 10.8. The molecule has 2 heterocycles. The van der Waals surface area contributed by atoms with Crippen molar-refractivity contribution in [1.82, 2.24) is 9.46 Å². The maximum Gasteiger partial charge on any atom is 0.309 e. The molecule has 1 aliphatic heterocycles. The minimum atomic E-state index is -4.09. The molecule has 0 radical (unpaired) electrons. The van der Waals surface area contributed by atoms with Gasteiger partial charge in [-0.1, -0.05) is 16.8 Å². The van der Waals surface area contributed by atoms with Gasteiger partial charge in [-0.25, -0.2) is 8.42 Å². The first kappa shape index (κ1) is 22.7. The molecule has 12 nitrogen and oxygen atoms in total. The van der Waals surface area contributed by atoms with E-state index in [0.29, 0.717) is 0 Å². The molecular formula is C17H17ClN4O8S. The molecule has 1 amide bonds. The second kappa shape index (κ2) is 9.41. The smallest absolute Gasteiger partial charge is 0.309 e. The molecule has 166 valence electrons. The van der Waals surface area contributed by atoms with Crippen molar-refractivity contribution < 1.29 is 32.2 Å². The number of carbonyl (C=O) groups excluding carboxylic acids is 2. The molecule has 0 spiro atoms. The van der Waals surface area contributed by atoms with E-state index >= 15 is 0 Å². The van der Waals surface area contributed by atoms with E-state index in [-0.39, 0.29) is 41.7 Å². The van der Waals surface area contributed by atoms with E-state index in [0.717, 1.165) is 22.5 Å². The van der Waals surface area contributed by atoms with Crippen LogP contribution in [0.15, 0.2) is 39.9 Å². The number of sulfonamides is 1. The van der Waals surface area contributed by atoms with E-state index in [1.807, 2.05) is 0 Å². The molecule has 3 rings (SSSR count). The molecule has 1 saturated heterocycles. The second-order valence-corrected chi connectivity index (χ2v) is 8.90. The number of benzene rings is 1. The number of amides is 1. The van der Waals surface area contributed by atoms with Gasteiger partial charge in [0.1, 0.15) is 11.2 Å². The predicted octanol–water partition coefficient (Wildman–Crippen LogP) is 1.82. The van der Waals surface area contributed by atoms with Gasteiger partial charge in [-0.3, -0.25) is 19.7 Å². The Bertz CT molecular complexity index is 1080. The maximum atomic E-state index is 12.9. The van der Waals surface area contributed by atoms with Crippen molar-refractivity contribution in [2.24, 2.45) is 5.92 Å². The van der Waals surface area contributed by atoms with Crippen LogP contribution in [0.3, 0.4) is 0 Å². The molecule has 0 unspecified atom stereocenters. The lowest BCUT2D eigenvalue weighted by Gasteiger charge is -2.30. The number of aromatic nitrogens is 1. The van der Waals surface area contributed by atoms with E-state index in [1.165, 1.54) is 12.3 Å². The fourth-order valence-corrected chi connectivity index (χ4v) is 4.95. The largest absolute Gasteiger partial charge is 0.455 e. The number of nitro benzene ring substituents is 1. The average Bonchev–Trinajstić information content (AvgIpc) is 3.25. The van der Waals surface area contributed by atoms with Crippen LogP contribution in [0.1, 0.15) is 12.8 Å². The van der Waals surface area contributed by atoms with Crippen LogP contribution >= 0.6 is 11.6 Å². The van der Waals surface area contributed by atoms with Crippen molar-refractivity contribution in [1.29, 1.82) is 0 Å². The Labute approximate surface area is 181 Å². The second-order valence-electron chi connectivity index (χ2n) is 6.59. The van der Waals surface area contributed by atoms with Crippen molar-refractivity contribution in [3.63, 3.8) is 0 Å². The molecule has 1 aliphatic rings. The van der Waals surface area contributed by atoms with Gasteiger partial charge in [-0.15, -0.1) is 0 Å². The lowest BCUT2D eigenvalue weighted by atomic mass is 9.98. The van der Waals surface area contributed by atoms with Gasteiger partial charge in [0, 0.05) is 31.3 Å². The zero-order valence-corrected chi connectivity index (χ0v) is 17.5. The summed E-state index contributed by atoms with van der Waals surface area (Å²) in [5.74, 6) is -1.63. The third-order valence-corrected chi connectivity index (χ3v) is 6.96. The number of non-ortho nitro benzene ring substituents is 1. The normalized spacial score (nSPS) is 15.4. The van der Waals surface area contributed by atoms with Crippen LogP contribution < -0.4 is 5.32 Å². The third kappa shape index (κ3) is 5.37. The molecule has 1 fully saturated rings. The Morgan fingerprint density at radius 3 is 2.65 bits per heavy atom. The summed E-state index contributed by atoms with van der Waals surface area (Å²) in [5.41, 5.74) is -0.398. The van der Waals surface area contributed by atoms with Crippen molar-refractivity contribution in [2.45, 2.75) is 17.7 Å². The van der Waals surface area contributed by atoms with Gasteiger partial charge < -0.3 is 14.6 Å². The summed E-state index contributed by atoms with van der Waals surface area (Å²) in [6.45, 7) is -0.536. The number of nitrogens with one attached hydrogen (secondary N) is 1. The number of esters is 1. The zero-order valence-electron chi connectivity index (χ0n) is 15.9. The number of ether oxygens (including phenoxy) is 1. The van der Waals surface area contributed by atoms with Crippen LogP contribution in [0.2, 0.25) is 5.02 Å². The molecule has 14 heteroatoms. The minimum Gasteiger partial charge on any atom is -0.455 e. The Morgan fingerprint density at radius 1 is 1.32 bits per heavy atom. The number of anilines is 1. The molecule has 1 N–H and O–H groups in total. The summed E-state index contributed by atoms with van der Waals surface area (Å²) >= 11 is 5.95. The van der Waals surface area contributed by atoms with Crippen molar-refractivity contribution in [3.05, 3.63) is 45.7 Å². The summed E-state index contributed by atoms with van der Waals surface area (Å²) in [5, 5.41) is 16.7. The van der Waals surface area contributed by atoms with Gasteiger partial charge in [-0.05, 0) is 18.9 Å². The molecule has 0 atom stereocenters. The van der Waals surface area contributed by atoms with Crippen LogP contribution in [-0.2, 0) is 24.3 Å². The zero-order chi connectivity index (χ0) is 22.6. The molecular weight excluding hydrogens is 456 g/mol. The van der Waals surface area contributed by atoms with Crippen LogP contribution in [-0.4, -0.2) is 54.4 Å². The number of hydrogen-bond acceptors (Lipinski definition) is 9. The number of halogens is 1. The number of carbonyl (C=O) groups is 2. The highest BCUT2D eigenvalue weighted by Gasteiger charge is 2.34. The van der Waals surface area contributed by atoms with Gasteiger partial charge in [0.15, 0.2) is 12.4 Å². The summed E-state index contributed by atoms with van der Waals surface area (Å²) in [7, 11) is -4.09. The van der Waals surface area contributed by atoms with Crippen molar-refractivity contribution >= 4 is 45.0 Å². The van der Waals surface area contributed by atoms with Crippen molar-refractivity contribution in [3.8, 4) is 0 Å². The summed E-state index contributed by atoms with van der Waals surface area (Å²) in [6, 6.07) is 4.60. The first-order valence-electron chi connectivity index (χ1n) is 8.99. The van der Waals surface area contributed by atoms with E-state index in [4.69, 9.17) is 16.3 Å². The highest BCUT2D eigenvalue weighted by atomic mass is 35.5. The molecule has 0 aliphatic carbocycles. The van der Waals surface area contributed by atoms with Crippen LogP contribution in [0.4, 0.5) is 11.5 Å². The predicted molar refractivity (Wildman–Crippen MR) is 106 cm³/mol. The highest BCUT2D eigenvalue weighted by Crippen LogP contribution is 2.31. The van der Waals surface area contributed by atoms with Gasteiger partial charge >= 0.3 is 5.97 Å². The van der Waals surface area contributed by atoms with E-state index < -0.39 is 45.0 Å². The highest BCUT2D eigenvalue weighted by molar-refractivity contribution is 7.89. The van der Waals surface area contributed by atoms with Gasteiger partial charge in [0.05, 0.1) is 15.9 Å². The molecule has 31 heavy (non-hydrogen) atoms. The van der Waals surface area contributed by atoms with Crippen molar-refractivity contribution in [2.75, 3.05) is 25.0 Å². The Morgan fingerprint density at radius 2 is 2.03 bits per heavy atom. The van der Waals surface area contributed by atoms with Gasteiger partial charge in [-0.2, -0.15) is 4.31 Å². The Hall–Kier alpha value is -3.03. The lowest BCUT2D eigenvalue weighted by molar-refractivity contribution is -0.385. The standard InChI is InChI=1S/C17H17ClN4O8S/c18-13-2-1-12(22(25)26)9-14(13)31(27,28)21-6-3-11(4-7-21)17(24)29-10-16(23)19-15-5-8-30-20-15/h1-2,5,8-9,11H,3-4,6-7,10H2,(H,19,20,23). The molecule has 1 aromatic carbocycles. The SMILES string of the molecule is O=C(COC(=O)C1CCN(S(=O)(=O)c2cc([N+](=O)[O-])ccc2Cl)CC1)Nc1ccon1. The maximum absolute atomic E-state index is 12.9. The van der Waals surface area contributed by atoms with Crippen LogP contribution in [0.25, 0.3) is 0 Å². The van der Waals surface area contributed by atoms with E-state index in [9.17, 15) is 28.1 Å². The van der Waals surface area contributed by atoms with E-state index in [2.05, 4.69) is 15.0 Å². The number of nitrogens with zero attached hydrogens (tertiary/aromatic N) is 3. The van der Waals surface area contributed by atoms with E-state index in [1.54, 1.807) is 0 Å². The summed E-state index contributed by atoms with van der Waals surface area (Å²) in [6.07, 6.45) is 1.59. The third-order valence-electron chi connectivity index (χ3n) is 4.58. The fourth-order valence-electron chi connectivity index (χ4n) is 2.98. The summed E-state index contributed by atoms with van der Waals surface area (Å²) < 4.78 is 36.4. The number of rotatable bonds is 7. The quantitative estimate of drug-likeness (QED) is 0.359. The first-order chi connectivity index (χ1) is 14.7. The van der Waals surface area contributed by atoms with Crippen LogP contribution in [0.5, 0.6) is 0 Å². The minimum absolute atomic E-state index is 0.00768. The molecule has 2 aromatic rings. The molecule has 1 aromatic heterocycles. The number of nitro groups is 1. The average molecular weight is 473 g/mol. The Kier molecular flexibility index (Phi) is 6.87. The van der Waals surface area contributed by atoms with Crippen LogP contribution in [0, 0.1) is 16.0 Å². The van der Waals surface area contributed by atoms with Gasteiger partial charge in [0.2, 0.25) is 10.0 Å². The lowest BCUT2D eigenvalue weighted by Crippen LogP contribution is -2.41. The number of hydrogen-bond donors (Lipinski definition) is 1. The Balaban J connectivity index is 1.56.